The van der Waals surface area contributed by atoms with E-state index in [4.69, 9.17) is 0 Å². The van der Waals surface area contributed by atoms with Crippen molar-refractivity contribution >= 4 is 5.82 Å². The molecule has 0 bridgehead atoms. The zero-order valence-corrected chi connectivity index (χ0v) is 12.9. The Kier molecular flexibility index (Phi) is 3.61. The van der Waals surface area contributed by atoms with Gasteiger partial charge in [0.25, 0.3) is 0 Å². The predicted molar refractivity (Wildman–Crippen MR) is 81.2 cm³/mol. The summed E-state index contributed by atoms with van der Waals surface area (Å²) in [4.78, 5) is 13.3. The highest BCUT2D eigenvalue weighted by Gasteiger charge is 2.24. The molecule has 1 aliphatic rings. The number of hydrogen-bond donors (Lipinski definition) is 0. The van der Waals surface area contributed by atoms with Crippen LogP contribution in [0.5, 0.6) is 0 Å². The molecule has 0 amide bonds. The quantitative estimate of drug-likeness (QED) is 0.847. The first-order valence-corrected chi connectivity index (χ1v) is 7.47. The van der Waals surface area contributed by atoms with E-state index in [-0.39, 0.29) is 5.41 Å². The minimum atomic E-state index is 0.0367. The van der Waals surface area contributed by atoms with Crippen LogP contribution in [0, 0.1) is 0 Å². The van der Waals surface area contributed by atoms with Gasteiger partial charge in [0, 0.05) is 18.5 Å². The normalized spacial score (nSPS) is 19.8. The molecule has 1 aliphatic heterocycles. The highest BCUT2D eigenvalue weighted by molar-refractivity contribution is 5.37. The lowest BCUT2D eigenvalue weighted by atomic mass is 9.93. The molecule has 112 valence electrons. The maximum absolute atomic E-state index is 4.60. The van der Waals surface area contributed by atoms with E-state index in [9.17, 15) is 0 Å². The lowest BCUT2D eigenvalue weighted by Crippen LogP contribution is -2.38. The molecule has 1 unspecified atom stereocenters. The van der Waals surface area contributed by atoms with Crippen LogP contribution in [0.3, 0.4) is 0 Å². The van der Waals surface area contributed by atoms with E-state index in [2.05, 4.69) is 45.8 Å². The summed E-state index contributed by atoms with van der Waals surface area (Å²) in [6.07, 6.45) is 9.48. The largest absolute Gasteiger partial charge is 0.353 e. The Morgan fingerprint density at radius 1 is 1.10 bits per heavy atom. The smallest absolute Gasteiger partial charge is 0.147 e. The van der Waals surface area contributed by atoms with Gasteiger partial charge in [0.05, 0.1) is 36.5 Å². The summed E-state index contributed by atoms with van der Waals surface area (Å²) in [5.74, 6) is 0.944. The molecule has 0 saturated carbocycles. The second-order valence-electron chi connectivity index (χ2n) is 6.60. The molecule has 0 radical (unpaired) electrons. The Morgan fingerprint density at radius 2 is 1.86 bits per heavy atom. The fourth-order valence-electron chi connectivity index (χ4n) is 2.64. The van der Waals surface area contributed by atoms with Crippen LogP contribution >= 0.6 is 0 Å². The zero-order valence-electron chi connectivity index (χ0n) is 12.9. The van der Waals surface area contributed by atoms with E-state index in [1.54, 1.807) is 12.4 Å². The molecule has 1 saturated heterocycles. The van der Waals surface area contributed by atoms with Crippen molar-refractivity contribution in [1.82, 2.24) is 25.0 Å². The standard InChI is InChI=1S/C15H22N6/c1-15(2,3)13-9-17-14(10-16-13)20-8-4-5-12(11-20)21-18-6-7-19-21/h6-7,9-10,12H,4-5,8,11H2,1-3H3. The summed E-state index contributed by atoms with van der Waals surface area (Å²) in [7, 11) is 0. The van der Waals surface area contributed by atoms with Crippen molar-refractivity contribution in [1.29, 1.82) is 0 Å². The Morgan fingerprint density at radius 3 is 2.48 bits per heavy atom. The number of anilines is 1. The molecule has 21 heavy (non-hydrogen) atoms. The summed E-state index contributed by atoms with van der Waals surface area (Å²) in [5, 5.41) is 8.51. The Hall–Kier alpha value is -1.98. The highest BCUT2D eigenvalue weighted by Crippen LogP contribution is 2.25. The van der Waals surface area contributed by atoms with Crippen molar-refractivity contribution in [3.05, 3.63) is 30.5 Å². The summed E-state index contributed by atoms with van der Waals surface area (Å²) < 4.78 is 0. The van der Waals surface area contributed by atoms with Crippen LogP contribution in [0.25, 0.3) is 0 Å². The molecule has 0 aliphatic carbocycles. The van der Waals surface area contributed by atoms with Gasteiger partial charge in [0.2, 0.25) is 0 Å². The van der Waals surface area contributed by atoms with Crippen LogP contribution in [-0.2, 0) is 5.41 Å². The monoisotopic (exact) mass is 286 g/mol. The van der Waals surface area contributed by atoms with E-state index < -0.39 is 0 Å². The summed E-state index contributed by atoms with van der Waals surface area (Å²) in [6, 6.07) is 0.317. The Bertz CT molecular complexity index is 569. The van der Waals surface area contributed by atoms with Crippen molar-refractivity contribution < 1.29 is 0 Å². The number of aromatic nitrogens is 5. The first-order chi connectivity index (χ1) is 10.0. The van der Waals surface area contributed by atoms with Crippen molar-refractivity contribution in [2.45, 2.75) is 45.1 Å². The van der Waals surface area contributed by atoms with Crippen LogP contribution in [0.1, 0.15) is 45.3 Å². The van der Waals surface area contributed by atoms with Crippen LogP contribution in [0.15, 0.2) is 24.8 Å². The minimum absolute atomic E-state index is 0.0367. The molecule has 0 aromatic carbocycles. The molecule has 6 heteroatoms. The maximum atomic E-state index is 4.60. The van der Waals surface area contributed by atoms with Crippen LogP contribution in [0.2, 0.25) is 0 Å². The van der Waals surface area contributed by atoms with E-state index in [1.807, 2.05) is 17.2 Å². The molecule has 1 atom stereocenters. The van der Waals surface area contributed by atoms with Crippen molar-refractivity contribution in [3.63, 3.8) is 0 Å². The first kappa shape index (κ1) is 14.0. The molecule has 3 rings (SSSR count). The third-order valence-electron chi connectivity index (χ3n) is 3.89. The average Bonchev–Trinajstić information content (AvgIpc) is 3.01. The lowest BCUT2D eigenvalue weighted by Gasteiger charge is -2.33. The molecule has 0 spiro atoms. The number of hydrogen-bond acceptors (Lipinski definition) is 5. The summed E-state index contributed by atoms with van der Waals surface area (Å²) in [6.45, 7) is 8.35. The Labute approximate surface area is 125 Å². The molecular weight excluding hydrogens is 264 g/mol. The van der Waals surface area contributed by atoms with Gasteiger partial charge in [-0.3, -0.25) is 4.98 Å². The molecule has 2 aromatic heterocycles. The van der Waals surface area contributed by atoms with Gasteiger partial charge in [0.1, 0.15) is 5.82 Å². The topological polar surface area (TPSA) is 59.7 Å². The van der Waals surface area contributed by atoms with Crippen molar-refractivity contribution in [2.24, 2.45) is 0 Å². The van der Waals surface area contributed by atoms with Crippen molar-refractivity contribution in [3.8, 4) is 0 Å². The van der Waals surface area contributed by atoms with E-state index in [1.165, 1.54) is 0 Å². The van der Waals surface area contributed by atoms with E-state index >= 15 is 0 Å². The summed E-state index contributed by atoms with van der Waals surface area (Å²) in [5.41, 5.74) is 1.06. The molecule has 3 heterocycles. The third kappa shape index (κ3) is 3.04. The second-order valence-corrected chi connectivity index (χ2v) is 6.60. The molecule has 6 nitrogen and oxygen atoms in total. The van der Waals surface area contributed by atoms with Crippen LogP contribution < -0.4 is 4.90 Å². The fourth-order valence-corrected chi connectivity index (χ4v) is 2.64. The van der Waals surface area contributed by atoms with Gasteiger partial charge in [0.15, 0.2) is 0 Å². The van der Waals surface area contributed by atoms with Crippen LogP contribution in [0.4, 0.5) is 5.82 Å². The lowest BCUT2D eigenvalue weighted by molar-refractivity contribution is 0.341. The van der Waals surface area contributed by atoms with E-state index in [0.717, 1.165) is 37.4 Å². The van der Waals surface area contributed by atoms with Crippen molar-refractivity contribution in [2.75, 3.05) is 18.0 Å². The SMILES string of the molecule is CC(C)(C)c1cnc(N2CCCC(n3nccn3)C2)cn1. The van der Waals surface area contributed by atoms with Gasteiger partial charge in [-0.25, -0.2) is 4.98 Å². The first-order valence-electron chi connectivity index (χ1n) is 7.47. The number of nitrogens with zero attached hydrogens (tertiary/aromatic N) is 6. The molecular formula is C15H22N6. The van der Waals surface area contributed by atoms with Gasteiger partial charge in [-0.2, -0.15) is 15.0 Å². The zero-order chi connectivity index (χ0) is 14.9. The molecule has 0 N–H and O–H groups in total. The number of piperidine rings is 1. The van der Waals surface area contributed by atoms with Gasteiger partial charge in [-0.15, -0.1) is 0 Å². The molecule has 1 fully saturated rings. The maximum Gasteiger partial charge on any atom is 0.147 e. The van der Waals surface area contributed by atoms with Gasteiger partial charge in [-0.1, -0.05) is 20.8 Å². The van der Waals surface area contributed by atoms with Gasteiger partial charge in [-0.05, 0) is 12.8 Å². The third-order valence-corrected chi connectivity index (χ3v) is 3.89. The van der Waals surface area contributed by atoms with Gasteiger partial charge < -0.3 is 4.90 Å². The Balaban J connectivity index is 1.74. The minimum Gasteiger partial charge on any atom is -0.353 e. The number of rotatable bonds is 2. The van der Waals surface area contributed by atoms with Gasteiger partial charge >= 0.3 is 0 Å². The second kappa shape index (κ2) is 5.42. The fraction of sp³-hybridized carbons (Fsp3) is 0.600. The predicted octanol–water partition coefficient (Wildman–Crippen LogP) is 2.21. The van der Waals surface area contributed by atoms with Crippen LogP contribution in [-0.4, -0.2) is 38.1 Å². The summed E-state index contributed by atoms with van der Waals surface area (Å²) >= 11 is 0. The van der Waals surface area contributed by atoms with E-state index in [0.29, 0.717) is 6.04 Å². The average molecular weight is 286 g/mol. The molecule has 2 aromatic rings. The highest BCUT2D eigenvalue weighted by atomic mass is 15.5.